The van der Waals surface area contributed by atoms with E-state index in [1.165, 1.54) is 50.5 Å². The monoisotopic (exact) mass is 318 g/mol. The maximum atomic E-state index is 11.8. The summed E-state index contributed by atoms with van der Waals surface area (Å²) in [7, 11) is 0. The summed E-state index contributed by atoms with van der Waals surface area (Å²) >= 11 is 0. The van der Waals surface area contributed by atoms with Crippen molar-refractivity contribution in [1.29, 1.82) is 0 Å². The molecule has 4 aliphatic carbocycles. The number of rotatable bonds is 0. The first-order valence-electron chi connectivity index (χ1n) is 9.79. The highest BCUT2D eigenvalue weighted by Gasteiger charge is 2.55. The van der Waals surface area contributed by atoms with Crippen molar-refractivity contribution in [2.45, 2.75) is 78.6 Å². The van der Waals surface area contributed by atoms with E-state index >= 15 is 0 Å². The number of hydrogen-bond donors (Lipinski definition) is 1. The average Bonchev–Trinajstić information content (AvgIpc) is 2.90. The summed E-state index contributed by atoms with van der Waals surface area (Å²) in [5.41, 5.74) is 2.53. The minimum absolute atomic E-state index is 0.250. The van der Waals surface area contributed by atoms with Gasteiger partial charge < -0.3 is 5.11 Å². The predicted molar refractivity (Wildman–Crippen MR) is 94.1 cm³/mol. The van der Waals surface area contributed by atoms with Crippen LogP contribution in [0, 0.1) is 28.6 Å². The van der Waals surface area contributed by atoms with Gasteiger partial charge >= 0.3 is 0 Å². The Balaban J connectivity index is 0.000000485. The van der Waals surface area contributed by atoms with Crippen LogP contribution in [0.1, 0.15) is 78.6 Å². The van der Waals surface area contributed by atoms with Crippen LogP contribution < -0.4 is 0 Å². The van der Waals surface area contributed by atoms with E-state index in [9.17, 15) is 4.79 Å². The standard InChI is InChI=1S/C19H28O.C2H6O/c1-18-9-3-4-16(18)15-6-5-13-12-14(20)7-11-19(13,2)17(15)8-10-18;1-2-3/h12,15-17H,3-11H2,1-2H3;3H,2H2,1H3/t15?,16?,17?,18-,19-;/m0./s1. The largest absolute Gasteiger partial charge is 0.397 e. The smallest absolute Gasteiger partial charge is 0.155 e. The van der Waals surface area contributed by atoms with Crippen LogP contribution in [-0.2, 0) is 4.79 Å². The summed E-state index contributed by atoms with van der Waals surface area (Å²) in [6.45, 7) is 6.98. The molecule has 130 valence electrons. The minimum atomic E-state index is 0.250. The number of carbonyl (C=O) groups is 1. The summed E-state index contributed by atoms with van der Waals surface area (Å²) in [5.74, 6) is 3.19. The van der Waals surface area contributed by atoms with Gasteiger partial charge in [0, 0.05) is 13.0 Å². The Bertz CT molecular complexity index is 494. The Morgan fingerprint density at radius 3 is 2.57 bits per heavy atom. The molecule has 2 nitrogen and oxygen atoms in total. The molecule has 0 aliphatic heterocycles. The highest BCUT2D eigenvalue weighted by atomic mass is 16.2. The van der Waals surface area contributed by atoms with Crippen molar-refractivity contribution in [1.82, 2.24) is 0 Å². The van der Waals surface area contributed by atoms with Gasteiger partial charge in [-0.25, -0.2) is 0 Å². The zero-order chi connectivity index (χ0) is 16.7. The van der Waals surface area contributed by atoms with E-state index in [1.807, 2.05) is 6.08 Å². The molecule has 0 aromatic rings. The van der Waals surface area contributed by atoms with Crippen LogP contribution in [0.25, 0.3) is 0 Å². The van der Waals surface area contributed by atoms with E-state index in [4.69, 9.17) is 5.11 Å². The average molecular weight is 319 g/mol. The van der Waals surface area contributed by atoms with Gasteiger partial charge in [0.1, 0.15) is 0 Å². The first kappa shape index (κ1) is 17.2. The molecular weight excluding hydrogens is 284 g/mol. The van der Waals surface area contributed by atoms with E-state index in [0.717, 1.165) is 30.6 Å². The van der Waals surface area contributed by atoms with Gasteiger partial charge in [0.05, 0.1) is 0 Å². The van der Waals surface area contributed by atoms with Crippen molar-refractivity contribution < 1.29 is 9.90 Å². The molecule has 3 unspecified atom stereocenters. The maximum absolute atomic E-state index is 11.8. The molecular formula is C21H34O2. The quantitative estimate of drug-likeness (QED) is 0.689. The van der Waals surface area contributed by atoms with Gasteiger partial charge in [-0.2, -0.15) is 0 Å². The topological polar surface area (TPSA) is 37.3 Å². The molecule has 4 aliphatic rings. The van der Waals surface area contributed by atoms with Gasteiger partial charge in [0.25, 0.3) is 0 Å². The second-order valence-electron chi connectivity index (χ2n) is 8.87. The third kappa shape index (κ3) is 2.81. The molecule has 23 heavy (non-hydrogen) atoms. The van der Waals surface area contributed by atoms with Crippen molar-refractivity contribution in [3.8, 4) is 0 Å². The Morgan fingerprint density at radius 1 is 1.09 bits per heavy atom. The molecule has 2 heteroatoms. The Morgan fingerprint density at radius 2 is 1.83 bits per heavy atom. The number of allylic oxidation sites excluding steroid dienone is 1. The third-order valence-corrected chi connectivity index (χ3v) is 7.74. The van der Waals surface area contributed by atoms with Crippen LogP contribution in [0.4, 0.5) is 0 Å². The fourth-order valence-corrected chi connectivity index (χ4v) is 6.55. The molecule has 0 saturated heterocycles. The Kier molecular flexibility index (Phi) is 4.75. The van der Waals surface area contributed by atoms with Crippen molar-refractivity contribution in [3.63, 3.8) is 0 Å². The molecule has 0 heterocycles. The molecule has 0 radical (unpaired) electrons. The van der Waals surface area contributed by atoms with Crippen LogP contribution in [0.2, 0.25) is 0 Å². The van der Waals surface area contributed by atoms with Gasteiger partial charge in [-0.05, 0) is 86.5 Å². The lowest BCUT2D eigenvalue weighted by Gasteiger charge is -2.57. The minimum Gasteiger partial charge on any atom is -0.397 e. The van der Waals surface area contributed by atoms with Gasteiger partial charge in [-0.15, -0.1) is 0 Å². The molecule has 3 saturated carbocycles. The fourth-order valence-electron chi connectivity index (χ4n) is 6.55. The molecule has 0 amide bonds. The van der Waals surface area contributed by atoms with Crippen LogP contribution in [0.15, 0.2) is 11.6 Å². The second-order valence-corrected chi connectivity index (χ2v) is 8.87. The Hall–Kier alpha value is -0.630. The summed E-state index contributed by atoms with van der Waals surface area (Å²) in [4.78, 5) is 11.8. The van der Waals surface area contributed by atoms with Crippen molar-refractivity contribution in [3.05, 3.63) is 11.6 Å². The SMILES string of the molecule is CCO.C[C@@]12CCCC1C1CCC3=CC(=O)CC[C@]3(C)C1CC2. The lowest BCUT2D eigenvalue weighted by atomic mass is 9.47. The number of carbonyl (C=O) groups excluding carboxylic acids is 1. The van der Waals surface area contributed by atoms with Crippen molar-refractivity contribution in [2.24, 2.45) is 28.6 Å². The molecule has 0 aromatic carbocycles. The fraction of sp³-hybridized carbons (Fsp3) is 0.857. The zero-order valence-corrected chi connectivity index (χ0v) is 15.2. The number of aliphatic hydroxyl groups is 1. The van der Waals surface area contributed by atoms with E-state index in [0.29, 0.717) is 16.6 Å². The molecule has 0 spiro atoms. The molecule has 0 bridgehead atoms. The second kappa shape index (κ2) is 6.35. The maximum Gasteiger partial charge on any atom is 0.155 e. The third-order valence-electron chi connectivity index (χ3n) is 7.74. The molecule has 1 N–H and O–H groups in total. The van der Waals surface area contributed by atoms with Crippen molar-refractivity contribution in [2.75, 3.05) is 6.61 Å². The number of ketones is 1. The van der Waals surface area contributed by atoms with Gasteiger partial charge in [-0.1, -0.05) is 25.8 Å². The van der Waals surface area contributed by atoms with E-state index in [-0.39, 0.29) is 6.61 Å². The van der Waals surface area contributed by atoms with Gasteiger partial charge in [0.15, 0.2) is 5.78 Å². The Labute approximate surface area is 141 Å². The van der Waals surface area contributed by atoms with Crippen LogP contribution in [0.5, 0.6) is 0 Å². The van der Waals surface area contributed by atoms with Gasteiger partial charge in [0.2, 0.25) is 0 Å². The van der Waals surface area contributed by atoms with Crippen LogP contribution in [-0.4, -0.2) is 17.5 Å². The molecule has 3 fully saturated rings. The lowest BCUT2D eigenvalue weighted by Crippen LogP contribution is -2.49. The summed E-state index contributed by atoms with van der Waals surface area (Å²) < 4.78 is 0. The van der Waals surface area contributed by atoms with E-state index in [2.05, 4.69) is 13.8 Å². The molecule has 5 atom stereocenters. The summed E-state index contributed by atoms with van der Waals surface area (Å²) in [6, 6.07) is 0. The first-order valence-corrected chi connectivity index (χ1v) is 9.79. The highest BCUT2D eigenvalue weighted by molar-refractivity contribution is 5.91. The number of hydrogen-bond acceptors (Lipinski definition) is 2. The molecule has 4 rings (SSSR count). The van der Waals surface area contributed by atoms with Crippen molar-refractivity contribution >= 4 is 5.78 Å². The van der Waals surface area contributed by atoms with Crippen LogP contribution in [0.3, 0.4) is 0 Å². The van der Waals surface area contributed by atoms with Crippen LogP contribution >= 0.6 is 0 Å². The zero-order valence-electron chi connectivity index (χ0n) is 15.2. The first-order chi connectivity index (χ1) is 10.9. The predicted octanol–water partition coefficient (Wildman–Crippen LogP) is 4.91. The molecule has 0 aromatic heterocycles. The number of fused-ring (bicyclic) bond motifs is 5. The summed E-state index contributed by atoms with van der Waals surface area (Å²) in [6.07, 6.45) is 13.8. The number of aliphatic hydroxyl groups excluding tert-OH is 1. The lowest BCUT2D eigenvalue weighted by molar-refractivity contribution is -0.117. The van der Waals surface area contributed by atoms with E-state index in [1.54, 1.807) is 6.92 Å². The highest BCUT2D eigenvalue weighted by Crippen LogP contribution is 2.65. The van der Waals surface area contributed by atoms with Gasteiger partial charge in [-0.3, -0.25) is 4.79 Å². The van der Waals surface area contributed by atoms with E-state index < -0.39 is 0 Å². The summed E-state index contributed by atoms with van der Waals surface area (Å²) in [5, 5.41) is 7.57. The normalized spacial score (nSPS) is 45.1.